The Kier molecular flexibility index (Phi) is 4.54. The fourth-order valence-electron chi connectivity index (χ4n) is 1.32. The molecule has 1 rings (SSSR count). The van der Waals surface area contributed by atoms with Gasteiger partial charge in [-0.15, -0.1) is 13.2 Å². The Hall–Kier alpha value is -2.03. The van der Waals surface area contributed by atoms with E-state index in [1.165, 1.54) is 0 Å². The number of rotatable bonds is 4. The number of esters is 1. The van der Waals surface area contributed by atoms with E-state index >= 15 is 0 Å². The molecule has 0 bridgehead atoms. The zero-order valence-electron chi connectivity index (χ0n) is 9.95. The van der Waals surface area contributed by atoms with Crippen molar-refractivity contribution in [2.75, 3.05) is 12.8 Å². The Morgan fingerprint density at radius 1 is 1.47 bits per heavy atom. The van der Waals surface area contributed by atoms with Crippen LogP contribution in [0.2, 0.25) is 0 Å². The summed E-state index contributed by atoms with van der Waals surface area (Å²) >= 11 is 0. The highest BCUT2D eigenvalue weighted by molar-refractivity contribution is 5.75. The van der Waals surface area contributed by atoms with E-state index < -0.39 is 18.1 Å². The maximum atomic E-state index is 12.3. The fraction of sp³-hybridized carbons (Fsp3) is 0.400. The van der Waals surface area contributed by atoms with Crippen LogP contribution in [0.1, 0.15) is 11.3 Å². The van der Waals surface area contributed by atoms with Crippen LogP contribution in [0.25, 0.3) is 0 Å². The third-order valence-corrected chi connectivity index (χ3v) is 2.20. The van der Waals surface area contributed by atoms with E-state index in [0.29, 0.717) is 0 Å². The number of nitrogen functional groups attached to an aromatic ring is 1. The Morgan fingerprint density at radius 2 is 2.11 bits per heavy atom. The number of pyridine rings is 1. The molecule has 1 aromatic heterocycles. The number of carbonyl (C=O) groups excluding carboxylic acids is 1. The molecule has 0 aliphatic rings. The van der Waals surface area contributed by atoms with Crippen LogP contribution in [0.4, 0.5) is 18.9 Å². The van der Waals surface area contributed by atoms with E-state index in [2.05, 4.69) is 14.5 Å². The SMILES string of the molecule is COC(=O)Cc1ncc(CN)c(OC(F)(F)F)c1N. The summed E-state index contributed by atoms with van der Waals surface area (Å²) in [4.78, 5) is 14.9. The smallest absolute Gasteiger partial charge is 0.469 e. The minimum Gasteiger partial charge on any atom is -0.469 e. The number of anilines is 1. The van der Waals surface area contributed by atoms with Crippen molar-refractivity contribution in [3.8, 4) is 5.75 Å². The maximum absolute atomic E-state index is 12.3. The van der Waals surface area contributed by atoms with Gasteiger partial charge in [-0.3, -0.25) is 9.78 Å². The van der Waals surface area contributed by atoms with Gasteiger partial charge in [0, 0.05) is 18.3 Å². The second-order valence-electron chi connectivity index (χ2n) is 3.48. The molecule has 6 nitrogen and oxygen atoms in total. The third-order valence-electron chi connectivity index (χ3n) is 2.20. The van der Waals surface area contributed by atoms with Crippen LogP contribution in [-0.4, -0.2) is 24.4 Å². The van der Waals surface area contributed by atoms with Crippen LogP contribution in [0.5, 0.6) is 5.75 Å². The first kappa shape index (κ1) is 15.0. The molecule has 4 N–H and O–H groups in total. The van der Waals surface area contributed by atoms with Crippen molar-refractivity contribution in [2.24, 2.45) is 5.73 Å². The predicted molar refractivity (Wildman–Crippen MR) is 58.9 cm³/mol. The number of methoxy groups -OCH3 is 1. The highest BCUT2D eigenvalue weighted by atomic mass is 19.4. The maximum Gasteiger partial charge on any atom is 0.573 e. The molecule has 0 aromatic carbocycles. The van der Waals surface area contributed by atoms with Crippen molar-refractivity contribution < 1.29 is 27.4 Å². The Bertz CT molecular complexity index is 477. The van der Waals surface area contributed by atoms with Crippen LogP contribution in [0, 0.1) is 0 Å². The van der Waals surface area contributed by atoms with E-state index in [0.717, 1.165) is 13.3 Å². The van der Waals surface area contributed by atoms with E-state index in [1.54, 1.807) is 0 Å². The second-order valence-corrected chi connectivity index (χ2v) is 3.48. The van der Waals surface area contributed by atoms with Crippen LogP contribution in [0.3, 0.4) is 0 Å². The Morgan fingerprint density at radius 3 is 2.58 bits per heavy atom. The van der Waals surface area contributed by atoms with Gasteiger partial charge in [0.1, 0.15) is 0 Å². The first-order valence-electron chi connectivity index (χ1n) is 5.07. The number of hydrogen-bond donors (Lipinski definition) is 2. The molecule has 106 valence electrons. The predicted octanol–water partition coefficient (Wildman–Crippen LogP) is 0.737. The van der Waals surface area contributed by atoms with E-state index in [9.17, 15) is 18.0 Å². The lowest BCUT2D eigenvalue weighted by Crippen LogP contribution is -2.21. The van der Waals surface area contributed by atoms with Crippen LogP contribution in [0.15, 0.2) is 6.20 Å². The summed E-state index contributed by atoms with van der Waals surface area (Å²) in [5, 5.41) is 0. The molecule has 0 aliphatic carbocycles. The first-order valence-corrected chi connectivity index (χ1v) is 5.07. The zero-order chi connectivity index (χ0) is 14.6. The van der Waals surface area contributed by atoms with Gasteiger partial charge in [-0.05, 0) is 0 Å². The molecule has 0 spiro atoms. The van der Waals surface area contributed by atoms with Crippen LogP contribution < -0.4 is 16.2 Å². The summed E-state index contributed by atoms with van der Waals surface area (Å²) in [5.41, 5.74) is 10.3. The number of carbonyl (C=O) groups is 1. The number of ether oxygens (including phenoxy) is 2. The van der Waals surface area contributed by atoms with Gasteiger partial charge < -0.3 is 20.9 Å². The lowest BCUT2D eigenvalue weighted by Gasteiger charge is -2.16. The van der Waals surface area contributed by atoms with Crippen LogP contribution >= 0.6 is 0 Å². The highest BCUT2D eigenvalue weighted by Crippen LogP contribution is 2.33. The van der Waals surface area contributed by atoms with Crippen molar-refractivity contribution in [1.29, 1.82) is 0 Å². The Balaban J connectivity index is 3.18. The van der Waals surface area contributed by atoms with Gasteiger partial charge in [-0.2, -0.15) is 0 Å². The molecule has 0 radical (unpaired) electrons. The van der Waals surface area contributed by atoms with Crippen molar-refractivity contribution in [2.45, 2.75) is 19.3 Å². The summed E-state index contributed by atoms with van der Waals surface area (Å²) < 4.78 is 45.0. The van der Waals surface area contributed by atoms with Crippen molar-refractivity contribution in [3.63, 3.8) is 0 Å². The number of aromatic nitrogens is 1. The summed E-state index contributed by atoms with van der Waals surface area (Å²) in [6.45, 7) is -0.235. The van der Waals surface area contributed by atoms with Gasteiger partial charge >= 0.3 is 12.3 Å². The standard InChI is InChI=1S/C10H12F3N3O3/c1-18-7(17)2-6-8(15)9(19-10(11,12)13)5(3-14)4-16-6/h4H,2-3,14-15H2,1H3. The number of halogens is 3. The largest absolute Gasteiger partial charge is 0.573 e. The topological polar surface area (TPSA) is 100 Å². The molecule has 0 saturated heterocycles. The average Bonchev–Trinajstić information content (AvgIpc) is 2.32. The molecule has 1 aromatic rings. The highest BCUT2D eigenvalue weighted by Gasteiger charge is 2.33. The molecule has 0 saturated carbocycles. The van der Waals surface area contributed by atoms with Gasteiger partial charge in [0.15, 0.2) is 5.75 Å². The summed E-state index contributed by atoms with van der Waals surface area (Å²) in [5.74, 6) is -1.32. The zero-order valence-corrected chi connectivity index (χ0v) is 9.95. The van der Waals surface area contributed by atoms with E-state index in [-0.39, 0.29) is 29.9 Å². The second kappa shape index (κ2) is 5.74. The summed E-state index contributed by atoms with van der Waals surface area (Å²) in [6, 6.07) is 0. The van der Waals surface area contributed by atoms with Gasteiger partial charge in [-0.25, -0.2) is 0 Å². The molecule has 9 heteroatoms. The lowest BCUT2D eigenvalue weighted by molar-refractivity contribution is -0.274. The lowest BCUT2D eigenvalue weighted by atomic mass is 10.1. The number of hydrogen-bond acceptors (Lipinski definition) is 6. The van der Waals surface area contributed by atoms with Gasteiger partial charge in [0.2, 0.25) is 0 Å². The first-order chi connectivity index (χ1) is 8.78. The number of nitrogens with two attached hydrogens (primary N) is 2. The quantitative estimate of drug-likeness (QED) is 0.788. The van der Waals surface area contributed by atoms with Gasteiger partial charge in [0.25, 0.3) is 0 Å². The van der Waals surface area contributed by atoms with Gasteiger partial charge in [-0.1, -0.05) is 0 Å². The van der Waals surface area contributed by atoms with E-state index in [4.69, 9.17) is 11.5 Å². The molecule has 0 aliphatic heterocycles. The molecule has 19 heavy (non-hydrogen) atoms. The molecular weight excluding hydrogens is 267 g/mol. The van der Waals surface area contributed by atoms with Crippen molar-refractivity contribution in [1.82, 2.24) is 4.98 Å². The van der Waals surface area contributed by atoms with E-state index in [1.807, 2.05) is 0 Å². The molecule has 0 unspecified atom stereocenters. The Labute approximate surface area is 106 Å². The summed E-state index contributed by atoms with van der Waals surface area (Å²) in [6.07, 6.45) is -4.20. The minimum atomic E-state index is -4.91. The molecule has 0 atom stereocenters. The summed E-state index contributed by atoms with van der Waals surface area (Å²) in [7, 11) is 1.14. The molecule has 1 heterocycles. The average molecular weight is 279 g/mol. The minimum absolute atomic E-state index is 0.0107. The van der Waals surface area contributed by atoms with Gasteiger partial charge in [0.05, 0.1) is 24.9 Å². The number of nitrogens with zero attached hydrogens (tertiary/aromatic N) is 1. The van der Waals surface area contributed by atoms with Crippen molar-refractivity contribution >= 4 is 11.7 Å². The molecule has 0 amide bonds. The molecular formula is C10H12F3N3O3. The molecule has 0 fully saturated rings. The van der Waals surface area contributed by atoms with Crippen molar-refractivity contribution in [3.05, 3.63) is 17.5 Å². The number of alkyl halides is 3. The van der Waals surface area contributed by atoms with Crippen LogP contribution in [-0.2, 0) is 22.5 Å². The normalized spacial score (nSPS) is 11.2. The fourth-order valence-corrected chi connectivity index (χ4v) is 1.32. The third kappa shape index (κ3) is 3.98. The monoisotopic (exact) mass is 279 g/mol.